The molecule has 1 fully saturated rings. The van der Waals surface area contributed by atoms with Crippen LogP contribution in [-0.4, -0.2) is 23.0 Å². The van der Waals surface area contributed by atoms with E-state index in [4.69, 9.17) is 5.26 Å². The van der Waals surface area contributed by atoms with Gasteiger partial charge in [-0.1, -0.05) is 11.8 Å². The Balaban J connectivity index is 1.71. The zero-order valence-corrected chi connectivity index (χ0v) is 15.8. The monoisotopic (exact) mass is 380 g/mol. The first kappa shape index (κ1) is 17.6. The molecule has 1 aromatic rings. The van der Waals surface area contributed by atoms with Gasteiger partial charge in [0.15, 0.2) is 5.17 Å². The molecule has 2 heterocycles. The molecule has 27 heavy (non-hydrogen) atoms. The summed E-state index contributed by atoms with van der Waals surface area (Å²) >= 11 is 1.45. The van der Waals surface area contributed by atoms with Crippen molar-refractivity contribution in [1.29, 1.82) is 5.26 Å². The van der Waals surface area contributed by atoms with Crippen LogP contribution in [0.25, 0.3) is 0 Å². The third kappa shape index (κ3) is 3.17. The summed E-state index contributed by atoms with van der Waals surface area (Å²) in [5.41, 5.74) is 4.43. The molecule has 136 valence electrons. The Bertz CT molecular complexity index is 1020. The number of amides is 1. The quantitative estimate of drug-likeness (QED) is 0.870. The topological polar surface area (TPSA) is 68.5 Å². The third-order valence-electron chi connectivity index (χ3n) is 4.63. The normalized spacial score (nSPS) is 18.1. The molecule has 1 aliphatic carbocycles. The summed E-state index contributed by atoms with van der Waals surface area (Å²) in [4.78, 5) is 19.8. The van der Waals surface area contributed by atoms with E-state index < -0.39 is 0 Å². The number of allylic oxidation sites excluding steroid dienone is 4. The number of carbonyl (C=O) groups is 1. The van der Waals surface area contributed by atoms with Gasteiger partial charge in [-0.05, 0) is 55.2 Å². The zero-order chi connectivity index (χ0) is 19.1. The smallest absolute Gasteiger partial charge is 0.268 e. The van der Waals surface area contributed by atoms with E-state index in [0.29, 0.717) is 23.2 Å². The van der Waals surface area contributed by atoms with Crippen molar-refractivity contribution in [3.63, 3.8) is 0 Å². The number of amidine groups is 1. The predicted molar refractivity (Wildman–Crippen MR) is 103 cm³/mol. The van der Waals surface area contributed by atoms with Gasteiger partial charge in [0.25, 0.3) is 5.91 Å². The fraction of sp³-hybridized carbons (Fsp3) is 0.250. The van der Waals surface area contributed by atoms with Gasteiger partial charge in [0.05, 0.1) is 11.6 Å². The van der Waals surface area contributed by atoms with E-state index in [2.05, 4.69) is 10.3 Å². The lowest BCUT2D eigenvalue weighted by molar-refractivity contribution is -0.117. The van der Waals surface area contributed by atoms with Crippen molar-refractivity contribution in [2.24, 2.45) is 4.99 Å². The maximum Gasteiger partial charge on any atom is 0.268 e. The van der Waals surface area contributed by atoms with Crippen molar-refractivity contribution < 1.29 is 9.18 Å². The SMILES string of the molecule is CNC(=O)C1=C(C)SC2=NC(Cc3cc(C#N)ccc3F)=CC(=C3CC3)N21. The molecule has 1 amide bonds. The van der Waals surface area contributed by atoms with Crippen LogP contribution >= 0.6 is 11.8 Å². The van der Waals surface area contributed by atoms with Crippen molar-refractivity contribution in [2.75, 3.05) is 7.05 Å². The second-order valence-corrected chi connectivity index (χ2v) is 7.72. The number of likely N-dealkylation sites (N-methyl/N-ethyl adjacent to an activating group) is 1. The number of carbonyl (C=O) groups excluding carboxylic acids is 1. The van der Waals surface area contributed by atoms with E-state index in [1.807, 2.05) is 24.0 Å². The molecule has 1 saturated carbocycles. The minimum atomic E-state index is -0.349. The number of rotatable bonds is 3. The molecule has 0 aromatic heterocycles. The Morgan fingerprint density at radius 3 is 2.89 bits per heavy atom. The average molecular weight is 380 g/mol. The molecule has 0 saturated heterocycles. The highest BCUT2D eigenvalue weighted by atomic mass is 32.2. The molecule has 1 N–H and O–H groups in total. The minimum Gasteiger partial charge on any atom is -0.354 e. The molecule has 0 bridgehead atoms. The number of hydrogen-bond acceptors (Lipinski definition) is 5. The Morgan fingerprint density at radius 1 is 1.44 bits per heavy atom. The fourth-order valence-electron chi connectivity index (χ4n) is 3.18. The lowest BCUT2D eigenvalue weighted by Crippen LogP contribution is -2.34. The summed E-state index contributed by atoms with van der Waals surface area (Å²) < 4.78 is 14.2. The number of aliphatic imine (C=N–C) groups is 1. The van der Waals surface area contributed by atoms with Gasteiger partial charge in [-0.15, -0.1) is 0 Å². The molecular weight excluding hydrogens is 363 g/mol. The van der Waals surface area contributed by atoms with Crippen LogP contribution in [0.4, 0.5) is 4.39 Å². The van der Waals surface area contributed by atoms with Gasteiger partial charge in [0.1, 0.15) is 11.5 Å². The standard InChI is InChI=1S/C20H17FN4OS/c1-11-18(19(26)23-2)25-17(13-4-5-13)9-15(24-20(25)27-11)8-14-7-12(10-22)3-6-16(14)21/h3,6-7,9H,4-5,8H2,1-2H3,(H,23,26). The number of fused-ring (bicyclic) bond motifs is 1. The van der Waals surface area contributed by atoms with Crippen molar-refractivity contribution in [1.82, 2.24) is 10.2 Å². The largest absolute Gasteiger partial charge is 0.354 e. The molecule has 0 atom stereocenters. The first-order valence-corrected chi connectivity index (χ1v) is 9.44. The minimum absolute atomic E-state index is 0.145. The van der Waals surface area contributed by atoms with Crippen molar-refractivity contribution in [2.45, 2.75) is 26.2 Å². The molecule has 3 aliphatic rings. The van der Waals surface area contributed by atoms with Gasteiger partial charge >= 0.3 is 0 Å². The summed E-state index contributed by atoms with van der Waals surface area (Å²) in [7, 11) is 1.61. The number of hydrogen-bond donors (Lipinski definition) is 1. The Labute approximate surface area is 161 Å². The van der Waals surface area contributed by atoms with Gasteiger partial charge in [0, 0.05) is 29.8 Å². The lowest BCUT2D eigenvalue weighted by Gasteiger charge is -2.26. The van der Waals surface area contributed by atoms with E-state index in [-0.39, 0.29) is 11.7 Å². The van der Waals surface area contributed by atoms with Crippen LogP contribution in [0, 0.1) is 17.1 Å². The molecule has 2 aliphatic heterocycles. The zero-order valence-electron chi connectivity index (χ0n) is 15.0. The van der Waals surface area contributed by atoms with E-state index in [1.54, 1.807) is 13.1 Å². The molecule has 5 nitrogen and oxygen atoms in total. The van der Waals surface area contributed by atoms with Gasteiger partial charge in [0.2, 0.25) is 0 Å². The lowest BCUT2D eigenvalue weighted by atomic mass is 10.0. The van der Waals surface area contributed by atoms with Gasteiger partial charge in [-0.3, -0.25) is 9.69 Å². The van der Waals surface area contributed by atoms with Crippen LogP contribution in [0.2, 0.25) is 0 Å². The van der Waals surface area contributed by atoms with Crippen LogP contribution in [0.5, 0.6) is 0 Å². The van der Waals surface area contributed by atoms with Crippen LogP contribution < -0.4 is 5.32 Å². The maximum atomic E-state index is 14.2. The molecule has 1 aromatic carbocycles. The molecule has 0 spiro atoms. The maximum absolute atomic E-state index is 14.2. The summed E-state index contributed by atoms with van der Waals surface area (Å²) in [6.45, 7) is 1.90. The van der Waals surface area contributed by atoms with Crippen LogP contribution in [-0.2, 0) is 11.2 Å². The fourth-order valence-corrected chi connectivity index (χ4v) is 4.18. The van der Waals surface area contributed by atoms with Gasteiger partial charge in [-0.2, -0.15) is 5.26 Å². The Hall–Kier alpha value is -2.85. The third-order valence-corrected chi connectivity index (χ3v) is 5.58. The Morgan fingerprint density at radius 2 is 2.22 bits per heavy atom. The highest BCUT2D eigenvalue weighted by molar-refractivity contribution is 8.17. The summed E-state index contributed by atoms with van der Waals surface area (Å²) in [6.07, 6.45) is 4.22. The second kappa shape index (κ2) is 6.71. The highest BCUT2D eigenvalue weighted by Crippen LogP contribution is 2.45. The number of benzene rings is 1. The number of thioether (sulfide) groups is 1. The summed E-state index contributed by atoms with van der Waals surface area (Å²) in [6, 6.07) is 6.39. The van der Waals surface area contributed by atoms with E-state index in [1.165, 1.54) is 29.5 Å². The second-order valence-electron chi connectivity index (χ2n) is 6.54. The van der Waals surface area contributed by atoms with Gasteiger partial charge in [-0.25, -0.2) is 9.38 Å². The van der Waals surface area contributed by atoms with Crippen LogP contribution in [0.3, 0.4) is 0 Å². The number of halogens is 1. The van der Waals surface area contributed by atoms with E-state index >= 15 is 0 Å². The van der Waals surface area contributed by atoms with Crippen molar-refractivity contribution >= 4 is 22.8 Å². The molecular formula is C20H17FN4OS. The van der Waals surface area contributed by atoms with E-state index in [0.717, 1.165) is 34.3 Å². The highest BCUT2D eigenvalue weighted by Gasteiger charge is 2.38. The molecule has 0 radical (unpaired) electrons. The predicted octanol–water partition coefficient (Wildman–Crippen LogP) is 3.57. The first-order chi connectivity index (χ1) is 13.0. The van der Waals surface area contributed by atoms with Crippen LogP contribution in [0.15, 0.2) is 56.8 Å². The van der Waals surface area contributed by atoms with Crippen molar-refractivity contribution in [3.05, 3.63) is 68.8 Å². The molecule has 0 unspecified atom stereocenters. The molecule has 7 heteroatoms. The van der Waals surface area contributed by atoms with E-state index in [9.17, 15) is 9.18 Å². The Kier molecular flexibility index (Phi) is 4.36. The van der Waals surface area contributed by atoms with Crippen molar-refractivity contribution in [3.8, 4) is 6.07 Å². The number of nitriles is 1. The number of nitrogens with zero attached hydrogens (tertiary/aromatic N) is 3. The van der Waals surface area contributed by atoms with Gasteiger partial charge < -0.3 is 5.32 Å². The van der Waals surface area contributed by atoms with Crippen LogP contribution in [0.1, 0.15) is 30.9 Å². The number of nitrogens with one attached hydrogen (secondary N) is 1. The summed E-state index contributed by atoms with van der Waals surface area (Å²) in [5, 5.41) is 12.5. The summed E-state index contributed by atoms with van der Waals surface area (Å²) in [5.74, 6) is -0.494. The molecule has 4 rings (SSSR count). The average Bonchev–Trinajstić information content (AvgIpc) is 3.45. The first-order valence-electron chi connectivity index (χ1n) is 8.62.